The van der Waals surface area contributed by atoms with Crippen LogP contribution in [0.1, 0.15) is 44.9 Å². The van der Waals surface area contributed by atoms with E-state index >= 15 is 0 Å². The van der Waals surface area contributed by atoms with Crippen molar-refractivity contribution in [2.24, 2.45) is 0 Å². The Hall–Kier alpha value is -0.710. The van der Waals surface area contributed by atoms with E-state index in [0.29, 0.717) is 0 Å². The molecule has 1 aromatic carbocycles. The fraction of sp³-hybridized carbons (Fsp3) is 0.562. The van der Waals surface area contributed by atoms with E-state index in [9.17, 15) is 4.79 Å². The molecule has 1 aromatic rings. The van der Waals surface area contributed by atoms with E-state index in [1.807, 2.05) is 26.8 Å². The number of hydrogen-bond acceptors (Lipinski definition) is 3. The van der Waals surface area contributed by atoms with Gasteiger partial charge in [0, 0.05) is 4.47 Å². The maximum absolute atomic E-state index is 12.6. The number of aryl methyl sites for hydroxylation is 1. The van der Waals surface area contributed by atoms with Gasteiger partial charge in [-0.1, -0.05) is 28.9 Å². The van der Waals surface area contributed by atoms with E-state index < -0.39 is 11.2 Å². The number of benzene rings is 1. The highest BCUT2D eigenvalue weighted by Crippen LogP contribution is 2.59. The van der Waals surface area contributed by atoms with Gasteiger partial charge in [-0.25, -0.2) is 0 Å². The zero-order valence-electron chi connectivity index (χ0n) is 12.2. The number of hydrogen-bond donors (Lipinski definition) is 0. The summed E-state index contributed by atoms with van der Waals surface area (Å²) in [5.74, 6) is 0.0597. The van der Waals surface area contributed by atoms with Crippen LogP contribution in [-0.4, -0.2) is 23.1 Å². The lowest BCUT2D eigenvalue weighted by Gasteiger charge is -2.14. The van der Waals surface area contributed by atoms with Gasteiger partial charge in [0.15, 0.2) is 5.60 Å². The summed E-state index contributed by atoms with van der Waals surface area (Å²) in [4.78, 5) is 12.6. The van der Waals surface area contributed by atoms with Crippen LogP contribution in [0.15, 0.2) is 22.7 Å². The van der Waals surface area contributed by atoms with E-state index in [1.165, 1.54) is 5.56 Å². The number of halogens is 1. The molecule has 20 heavy (non-hydrogen) atoms. The molecule has 0 saturated carbocycles. The maximum atomic E-state index is 12.6. The van der Waals surface area contributed by atoms with E-state index in [2.05, 4.69) is 35.0 Å². The second-order valence-electron chi connectivity index (χ2n) is 6.09. The van der Waals surface area contributed by atoms with Gasteiger partial charge >= 0.3 is 0 Å². The van der Waals surface area contributed by atoms with Crippen LogP contribution in [-0.2, 0) is 20.7 Å². The molecule has 0 aliphatic carbocycles. The first-order chi connectivity index (χ1) is 9.33. The highest BCUT2D eigenvalue weighted by molar-refractivity contribution is 9.10. The lowest BCUT2D eigenvalue weighted by molar-refractivity contribution is -0.131. The Morgan fingerprint density at radius 2 is 2.00 bits per heavy atom. The summed E-state index contributed by atoms with van der Waals surface area (Å²) < 4.78 is 12.7. The van der Waals surface area contributed by atoms with Gasteiger partial charge in [-0.3, -0.25) is 4.79 Å². The zero-order valence-corrected chi connectivity index (χ0v) is 13.8. The Bertz CT molecular complexity index is 581. The average molecular weight is 339 g/mol. The molecule has 3 nitrogen and oxygen atoms in total. The van der Waals surface area contributed by atoms with Crippen LogP contribution in [0.5, 0.6) is 0 Å². The van der Waals surface area contributed by atoms with Crippen molar-refractivity contribution < 1.29 is 14.3 Å². The first-order valence-electron chi connectivity index (χ1n) is 7.01. The minimum Gasteiger partial charge on any atom is -0.361 e. The molecular weight excluding hydrogens is 320 g/mol. The van der Waals surface area contributed by atoms with Crippen molar-refractivity contribution in [1.82, 2.24) is 0 Å². The SMILES string of the molecule is CCc1ccc(Br)cc1C1OC12C(=O)C(C)(C)OC2C. The second-order valence-corrected chi connectivity index (χ2v) is 7.00. The van der Waals surface area contributed by atoms with Crippen molar-refractivity contribution in [3.63, 3.8) is 0 Å². The second kappa shape index (κ2) is 4.39. The van der Waals surface area contributed by atoms with E-state index in [-0.39, 0.29) is 18.0 Å². The molecule has 0 amide bonds. The van der Waals surface area contributed by atoms with Gasteiger partial charge in [0.25, 0.3) is 0 Å². The number of epoxide rings is 1. The van der Waals surface area contributed by atoms with Crippen molar-refractivity contribution in [2.75, 3.05) is 0 Å². The molecule has 1 spiro atoms. The summed E-state index contributed by atoms with van der Waals surface area (Å²) in [5.41, 5.74) is 0.781. The van der Waals surface area contributed by atoms with E-state index in [4.69, 9.17) is 9.47 Å². The fourth-order valence-electron chi connectivity index (χ4n) is 3.31. The third kappa shape index (κ3) is 1.81. The highest BCUT2D eigenvalue weighted by Gasteiger charge is 2.74. The monoisotopic (exact) mass is 338 g/mol. The largest absolute Gasteiger partial charge is 0.361 e. The third-order valence-electron chi connectivity index (χ3n) is 4.39. The van der Waals surface area contributed by atoms with E-state index in [0.717, 1.165) is 16.5 Å². The van der Waals surface area contributed by atoms with Gasteiger partial charge in [0.1, 0.15) is 11.7 Å². The molecule has 3 atom stereocenters. The van der Waals surface area contributed by atoms with Gasteiger partial charge in [-0.2, -0.15) is 0 Å². The van der Waals surface area contributed by atoms with Crippen LogP contribution >= 0.6 is 15.9 Å². The number of carbonyl (C=O) groups excluding carboxylic acids is 1. The predicted octanol–water partition coefficient (Wildman–Crippen LogP) is 3.59. The van der Waals surface area contributed by atoms with Crippen LogP contribution < -0.4 is 0 Å². The standard InChI is InChI=1S/C16H19BrO3/c1-5-10-6-7-11(17)8-12(10)13-16(20-13)9(2)19-15(3,4)14(16)18/h6-9,13H,5H2,1-4H3. The summed E-state index contributed by atoms with van der Waals surface area (Å²) in [6.45, 7) is 7.68. The Morgan fingerprint density at radius 1 is 1.30 bits per heavy atom. The summed E-state index contributed by atoms with van der Waals surface area (Å²) in [6, 6.07) is 6.17. The van der Waals surface area contributed by atoms with Crippen LogP contribution in [0.25, 0.3) is 0 Å². The Kier molecular flexibility index (Phi) is 3.13. The molecule has 3 unspecified atom stereocenters. The molecule has 2 saturated heterocycles. The van der Waals surface area contributed by atoms with Gasteiger partial charge in [0.05, 0.1) is 6.10 Å². The minimum atomic E-state index is -0.784. The molecule has 2 aliphatic heterocycles. The summed E-state index contributed by atoms with van der Waals surface area (Å²) in [5, 5.41) is 0. The van der Waals surface area contributed by atoms with Crippen LogP contribution in [0.2, 0.25) is 0 Å². The molecule has 0 aromatic heterocycles. The minimum absolute atomic E-state index is 0.0597. The molecule has 2 fully saturated rings. The topological polar surface area (TPSA) is 38.8 Å². The number of rotatable bonds is 2. The number of carbonyl (C=O) groups is 1. The Morgan fingerprint density at radius 3 is 2.55 bits per heavy atom. The molecule has 4 heteroatoms. The molecule has 108 valence electrons. The number of ether oxygens (including phenoxy) is 2. The highest BCUT2D eigenvalue weighted by atomic mass is 79.9. The lowest BCUT2D eigenvalue weighted by atomic mass is 9.86. The molecule has 0 N–H and O–H groups in total. The van der Waals surface area contributed by atoms with E-state index in [1.54, 1.807) is 0 Å². The molecule has 2 aliphatic rings. The normalized spacial score (nSPS) is 34.8. The van der Waals surface area contributed by atoms with Crippen molar-refractivity contribution >= 4 is 21.7 Å². The number of Topliss-reactive ketones (excluding diaryl/α,β-unsaturated/α-hetero) is 1. The first-order valence-corrected chi connectivity index (χ1v) is 7.81. The fourth-order valence-corrected chi connectivity index (χ4v) is 3.69. The van der Waals surface area contributed by atoms with Gasteiger partial charge in [-0.15, -0.1) is 0 Å². The quantitative estimate of drug-likeness (QED) is 0.773. The molecule has 3 rings (SSSR count). The van der Waals surface area contributed by atoms with Crippen LogP contribution in [0.4, 0.5) is 0 Å². The summed E-state index contributed by atoms with van der Waals surface area (Å²) >= 11 is 3.50. The van der Waals surface area contributed by atoms with Gasteiger partial charge in [-0.05, 0) is 50.5 Å². The molecule has 0 radical (unpaired) electrons. The molecule has 2 heterocycles. The predicted molar refractivity (Wildman–Crippen MR) is 79.7 cm³/mol. The van der Waals surface area contributed by atoms with Crippen molar-refractivity contribution in [2.45, 2.75) is 57.5 Å². The van der Waals surface area contributed by atoms with Crippen molar-refractivity contribution in [3.05, 3.63) is 33.8 Å². The first kappa shape index (κ1) is 14.2. The number of ketones is 1. The van der Waals surface area contributed by atoms with Gasteiger partial charge in [0.2, 0.25) is 5.78 Å². The van der Waals surface area contributed by atoms with Gasteiger partial charge < -0.3 is 9.47 Å². The maximum Gasteiger partial charge on any atom is 0.201 e. The van der Waals surface area contributed by atoms with Crippen molar-refractivity contribution in [3.8, 4) is 0 Å². The van der Waals surface area contributed by atoms with Crippen LogP contribution in [0, 0.1) is 0 Å². The average Bonchev–Trinajstić information content (AvgIpc) is 3.10. The Balaban J connectivity index is 2.00. The summed E-state index contributed by atoms with van der Waals surface area (Å²) in [6.07, 6.45) is 0.531. The zero-order chi connectivity index (χ0) is 14.7. The van der Waals surface area contributed by atoms with Crippen molar-refractivity contribution in [1.29, 1.82) is 0 Å². The summed E-state index contributed by atoms with van der Waals surface area (Å²) in [7, 11) is 0. The third-order valence-corrected chi connectivity index (χ3v) is 4.89. The molecular formula is C16H19BrO3. The van der Waals surface area contributed by atoms with Crippen LogP contribution in [0.3, 0.4) is 0 Å². The smallest absolute Gasteiger partial charge is 0.201 e. The molecule has 0 bridgehead atoms. The lowest BCUT2D eigenvalue weighted by Crippen LogP contribution is -2.35. The Labute approximate surface area is 127 Å².